The summed E-state index contributed by atoms with van der Waals surface area (Å²) in [7, 11) is -2.08. The van der Waals surface area contributed by atoms with E-state index >= 15 is 0 Å². The first-order chi connectivity index (χ1) is 11.4. The zero-order valence-electron chi connectivity index (χ0n) is 16.4. The van der Waals surface area contributed by atoms with Gasteiger partial charge in [0.25, 0.3) is 0 Å². The molecule has 2 rings (SSSR count). The van der Waals surface area contributed by atoms with Gasteiger partial charge in [0.05, 0.1) is 11.9 Å². The summed E-state index contributed by atoms with van der Waals surface area (Å²) in [5.41, 5.74) is 1.25. The minimum atomic E-state index is -3.49. The van der Waals surface area contributed by atoms with Crippen molar-refractivity contribution in [2.75, 3.05) is 7.11 Å². The Morgan fingerprint density at radius 1 is 1.44 bits per heavy atom. The summed E-state index contributed by atoms with van der Waals surface area (Å²) >= 11 is 0. The number of carbonyl (C=O) groups excluding carboxylic acids is 1. The van der Waals surface area contributed by atoms with Gasteiger partial charge in [0.15, 0.2) is 0 Å². The summed E-state index contributed by atoms with van der Waals surface area (Å²) < 4.78 is 29.5. The highest BCUT2D eigenvalue weighted by atomic mass is 32.2. The molecule has 0 aromatic carbocycles. The van der Waals surface area contributed by atoms with Crippen molar-refractivity contribution >= 4 is 15.6 Å². The zero-order chi connectivity index (χ0) is 19.0. The van der Waals surface area contributed by atoms with Crippen molar-refractivity contribution in [3.8, 4) is 0 Å². The Bertz CT molecular complexity index is 694. The predicted octanol–water partition coefficient (Wildman–Crippen LogP) is 4.42. The highest BCUT2D eigenvalue weighted by molar-refractivity contribution is 7.96. The molecule has 142 valence electrons. The normalized spacial score (nSPS) is 29.2. The number of hydrogen-bond acceptors (Lipinski definition) is 4. The number of fused-ring (bicyclic) bond motifs is 1. The van der Waals surface area contributed by atoms with Crippen LogP contribution in [-0.2, 0) is 19.4 Å². The van der Waals surface area contributed by atoms with Crippen LogP contribution >= 0.6 is 0 Å². The van der Waals surface area contributed by atoms with Gasteiger partial charge in [-0.3, -0.25) is 4.79 Å². The second-order valence-corrected chi connectivity index (χ2v) is 11.3. The first kappa shape index (κ1) is 20.2. The van der Waals surface area contributed by atoms with Gasteiger partial charge in [-0.05, 0) is 63.9 Å². The summed E-state index contributed by atoms with van der Waals surface area (Å²) in [6.07, 6.45) is 8.04. The van der Waals surface area contributed by atoms with Gasteiger partial charge < -0.3 is 4.74 Å². The van der Waals surface area contributed by atoms with Crippen LogP contribution in [0.2, 0.25) is 0 Å². The van der Waals surface area contributed by atoms with Crippen molar-refractivity contribution in [3.05, 3.63) is 22.8 Å². The lowest BCUT2D eigenvalue weighted by Crippen LogP contribution is -2.36. The van der Waals surface area contributed by atoms with Gasteiger partial charge in [-0.2, -0.15) is 0 Å². The molecule has 0 aliphatic heterocycles. The molecular weight excluding hydrogens is 336 g/mol. The molecule has 1 saturated carbocycles. The molecule has 4 nitrogen and oxygen atoms in total. The molecule has 0 amide bonds. The molecule has 0 aromatic heterocycles. The average Bonchev–Trinajstić information content (AvgIpc) is 2.84. The van der Waals surface area contributed by atoms with Crippen molar-refractivity contribution in [1.82, 2.24) is 0 Å². The molecular formula is C20H32O4S. The van der Waals surface area contributed by atoms with Crippen LogP contribution in [0.1, 0.15) is 66.7 Å². The summed E-state index contributed by atoms with van der Waals surface area (Å²) in [5.74, 6) is 0.694. The quantitative estimate of drug-likeness (QED) is 0.532. The van der Waals surface area contributed by atoms with E-state index in [4.69, 9.17) is 4.74 Å². The smallest absolute Gasteiger partial charge is 0.215 e. The van der Waals surface area contributed by atoms with Gasteiger partial charge in [-0.15, -0.1) is 0 Å². The van der Waals surface area contributed by atoms with Crippen molar-refractivity contribution in [2.45, 2.75) is 71.5 Å². The Kier molecular flexibility index (Phi) is 5.58. The van der Waals surface area contributed by atoms with Gasteiger partial charge in [-0.1, -0.05) is 25.5 Å². The van der Waals surface area contributed by atoms with Crippen molar-refractivity contribution in [2.24, 2.45) is 17.3 Å². The first-order valence-electron chi connectivity index (χ1n) is 9.17. The number of carbonyl (C=O) groups is 1. The van der Waals surface area contributed by atoms with Crippen LogP contribution in [0, 0.1) is 17.3 Å². The Balaban J connectivity index is 2.20. The van der Waals surface area contributed by atoms with E-state index in [1.54, 1.807) is 26.8 Å². The monoisotopic (exact) mass is 368 g/mol. The van der Waals surface area contributed by atoms with Gasteiger partial charge in [-0.25, -0.2) is 8.42 Å². The van der Waals surface area contributed by atoms with E-state index in [-0.39, 0.29) is 22.3 Å². The molecule has 0 aromatic rings. The third kappa shape index (κ3) is 3.57. The molecule has 0 N–H and O–H groups in total. The molecule has 2 aliphatic rings. The summed E-state index contributed by atoms with van der Waals surface area (Å²) in [6, 6.07) is 0. The number of hydrogen-bond donors (Lipinski definition) is 0. The maximum absolute atomic E-state index is 12.6. The number of ketones is 1. The van der Waals surface area contributed by atoms with E-state index in [1.165, 1.54) is 12.7 Å². The van der Waals surface area contributed by atoms with E-state index in [0.717, 1.165) is 19.3 Å². The van der Waals surface area contributed by atoms with E-state index in [2.05, 4.69) is 19.9 Å². The van der Waals surface area contributed by atoms with Gasteiger partial charge in [0, 0.05) is 12.3 Å². The van der Waals surface area contributed by atoms with Crippen molar-refractivity contribution in [3.63, 3.8) is 0 Å². The number of sulfone groups is 1. The van der Waals surface area contributed by atoms with Gasteiger partial charge in [0.1, 0.15) is 5.78 Å². The lowest BCUT2D eigenvalue weighted by atomic mass is 9.63. The number of allylic oxidation sites excluding steroid dienone is 3. The highest BCUT2D eigenvalue weighted by Crippen LogP contribution is 2.53. The van der Waals surface area contributed by atoms with Gasteiger partial charge >= 0.3 is 0 Å². The maximum Gasteiger partial charge on any atom is 0.215 e. The van der Waals surface area contributed by atoms with Crippen LogP contribution in [0.25, 0.3) is 0 Å². The Hall–Kier alpha value is -1.10. The van der Waals surface area contributed by atoms with Crippen molar-refractivity contribution < 1.29 is 17.9 Å². The SMILES string of the molecule is COC(=CC[C@@H](C)C1=CC[C@H]2C(=O)CCC[C@]12C)S(=O)(=O)C(C)(C)C. The van der Waals surface area contributed by atoms with E-state index in [1.807, 2.05) is 0 Å². The molecule has 2 aliphatic carbocycles. The predicted molar refractivity (Wildman–Crippen MR) is 101 cm³/mol. The Labute approximate surface area is 152 Å². The molecule has 3 atom stereocenters. The minimum absolute atomic E-state index is 0.0480. The third-order valence-corrected chi connectivity index (χ3v) is 8.43. The van der Waals surface area contributed by atoms with Crippen LogP contribution < -0.4 is 0 Å². The number of methoxy groups -OCH3 is 1. The van der Waals surface area contributed by atoms with Crippen LogP contribution in [0.4, 0.5) is 0 Å². The topological polar surface area (TPSA) is 60.4 Å². The fourth-order valence-corrected chi connectivity index (χ4v) is 5.46. The van der Waals surface area contributed by atoms with Crippen LogP contribution in [0.3, 0.4) is 0 Å². The van der Waals surface area contributed by atoms with E-state index < -0.39 is 14.6 Å². The Morgan fingerprint density at radius 2 is 2.08 bits per heavy atom. The summed E-state index contributed by atoms with van der Waals surface area (Å²) in [4.78, 5) is 12.3. The number of rotatable bonds is 5. The highest BCUT2D eigenvalue weighted by Gasteiger charge is 2.47. The molecule has 25 heavy (non-hydrogen) atoms. The fourth-order valence-electron chi connectivity index (χ4n) is 4.32. The lowest BCUT2D eigenvalue weighted by molar-refractivity contribution is -0.128. The lowest BCUT2D eigenvalue weighted by Gasteiger charge is -2.40. The second kappa shape index (κ2) is 6.90. The first-order valence-corrected chi connectivity index (χ1v) is 10.7. The largest absolute Gasteiger partial charge is 0.487 e. The molecule has 0 spiro atoms. The molecule has 0 bridgehead atoms. The van der Waals surface area contributed by atoms with E-state index in [0.29, 0.717) is 18.6 Å². The summed E-state index contributed by atoms with van der Waals surface area (Å²) in [6.45, 7) is 9.36. The Morgan fingerprint density at radius 3 is 2.64 bits per heavy atom. The zero-order valence-corrected chi connectivity index (χ0v) is 17.2. The molecule has 1 fully saturated rings. The molecule has 0 saturated heterocycles. The van der Waals surface area contributed by atoms with Crippen LogP contribution in [0.5, 0.6) is 0 Å². The van der Waals surface area contributed by atoms with Crippen LogP contribution in [0.15, 0.2) is 22.8 Å². The molecule has 0 unspecified atom stereocenters. The standard InChI is InChI=1S/C20H32O4S/c1-14(9-12-18(24-6)25(22,23)19(2,3)4)15-10-11-16-17(21)8-7-13-20(15,16)5/h10,12,14,16H,7-9,11,13H2,1-6H3/t14-,16+,20-/m1/s1. The molecule has 5 heteroatoms. The van der Waals surface area contributed by atoms with Crippen LogP contribution in [-0.4, -0.2) is 26.1 Å². The van der Waals surface area contributed by atoms with E-state index in [9.17, 15) is 13.2 Å². The van der Waals surface area contributed by atoms with Gasteiger partial charge in [0.2, 0.25) is 14.9 Å². The van der Waals surface area contributed by atoms with Crippen molar-refractivity contribution in [1.29, 1.82) is 0 Å². The minimum Gasteiger partial charge on any atom is -0.487 e. The number of Topliss-reactive ketones (excluding diaryl/α,β-unsaturated/α-hetero) is 1. The third-order valence-electron chi connectivity index (χ3n) is 5.95. The fraction of sp³-hybridized carbons (Fsp3) is 0.750. The molecule has 0 radical (unpaired) electrons. The molecule has 0 heterocycles. The number of ether oxygens (including phenoxy) is 1. The second-order valence-electron chi connectivity index (χ2n) is 8.66. The summed E-state index contributed by atoms with van der Waals surface area (Å²) in [5, 5.41) is 0.0480. The average molecular weight is 369 g/mol. The maximum atomic E-state index is 12.6.